The number of nitrogens with one attached hydrogen (secondary N) is 1. The van der Waals surface area contributed by atoms with Gasteiger partial charge in [0.25, 0.3) is 0 Å². The first-order valence-electron chi connectivity index (χ1n) is 10.1. The van der Waals surface area contributed by atoms with E-state index in [-0.39, 0.29) is 35.5 Å². The molecule has 3 rings (SSSR count). The summed E-state index contributed by atoms with van der Waals surface area (Å²) >= 11 is 0. The summed E-state index contributed by atoms with van der Waals surface area (Å²) < 4.78 is 7.78. The predicted molar refractivity (Wildman–Crippen MR) is 129 cm³/mol. The highest BCUT2D eigenvalue weighted by atomic mass is 127. The van der Waals surface area contributed by atoms with Gasteiger partial charge in [-0.15, -0.1) is 24.0 Å². The lowest BCUT2D eigenvalue weighted by Crippen LogP contribution is -2.48. The molecule has 1 unspecified atom stereocenters. The fourth-order valence-corrected chi connectivity index (χ4v) is 3.35. The molecule has 2 aromatic rings. The summed E-state index contributed by atoms with van der Waals surface area (Å²) in [7, 11) is 1.93. The average molecular weight is 511 g/mol. The third kappa shape index (κ3) is 6.44. The minimum absolute atomic E-state index is 0. The number of hydrogen-bond donors (Lipinski definition) is 1. The van der Waals surface area contributed by atoms with Gasteiger partial charge in [-0.05, 0) is 23.5 Å². The molecule has 0 saturated carbocycles. The molecule has 1 N–H and O–H groups in total. The summed E-state index contributed by atoms with van der Waals surface area (Å²) in [6.45, 7) is 12.6. The van der Waals surface area contributed by atoms with E-state index in [2.05, 4.69) is 67.3 Å². The van der Waals surface area contributed by atoms with Crippen LogP contribution in [0.15, 0.2) is 41.7 Å². The van der Waals surface area contributed by atoms with Crippen LogP contribution in [0.4, 0.5) is 0 Å². The molecule has 0 radical (unpaired) electrons. The Kier molecular flexibility index (Phi) is 8.51. The second-order valence-electron chi connectivity index (χ2n) is 8.37. The highest BCUT2D eigenvalue weighted by Crippen LogP contribution is 2.23. The number of aromatic nitrogens is 2. The number of benzene rings is 1. The number of ether oxygens (including phenoxy) is 1. The van der Waals surface area contributed by atoms with Crippen molar-refractivity contribution in [2.45, 2.75) is 45.8 Å². The van der Waals surface area contributed by atoms with Crippen molar-refractivity contribution >= 4 is 29.9 Å². The van der Waals surface area contributed by atoms with Gasteiger partial charge in [0.2, 0.25) is 0 Å². The zero-order valence-corrected chi connectivity index (χ0v) is 20.5. The topological polar surface area (TPSA) is 54.7 Å². The SMILES string of the molecule is CCNC(=NCc1ccc(C(C)(C)C)cc1)N1CCOC(c2cnn(C)c2)C1.I. The molecule has 0 amide bonds. The highest BCUT2D eigenvalue weighted by Gasteiger charge is 2.25. The van der Waals surface area contributed by atoms with Gasteiger partial charge in [-0.1, -0.05) is 45.0 Å². The van der Waals surface area contributed by atoms with Crippen LogP contribution in [0.3, 0.4) is 0 Å². The predicted octanol–water partition coefficient (Wildman–Crippen LogP) is 3.87. The molecule has 1 aliphatic heterocycles. The quantitative estimate of drug-likeness (QED) is 0.385. The summed E-state index contributed by atoms with van der Waals surface area (Å²) in [5, 5.41) is 7.71. The number of nitrogens with zero attached hydrogens (tertiary/aromatic N) is 4. The van der Waals surface area contributed by atoms with E-state index in [4.69, 9.17) is 9.73 Å². The molecule has 1 atom stereocenters. The van der Waals surface area contributed by atoms with E-state index in [1.165, 1.54) is 11.1 Å². The second kappa shape index (κ2) is 10.4. The van der Waals surface area contributed by atoms with Gasteiger partial charge in [0.1, 0.15) is 6.10 Å². The molecule has 2 heterocycles. The Balaban J connectivity index is 0.00000300. The van der Waals surface area contributed by atoms with Crippen LogP contribution in [0, 0.1) is 0 Å². The van der Waals surface area contributed by atoms with Crippen LogP contribution in [0.5, 0.6) is 0 Å². The first-order chi connectivity index (χ1) is 13.4. The number of aliphatic imine (C=N–C) groups is 1. The van der Waals surface area contributed by atoms with Gasteiger partial charge in [-0.2, -0.15) is 5.10 Å². The monoisotopic (exact) mass is 511 g/mol. The molecule has 160 valence electrons. The number of halogens is 1. The van der Waals surface area contributed by atoms with Crippen molar-refractivity contribution in [3.63, 3.8) is 0 Å². The lowest BCUT2D eigenvalue weighted by molar-refractivity contribution is -0.00805. The van der Waals surface area contributed by atoms with E-state index in [1.807, 2.05) is 24.1 Å². The number of hydrogen-bond acceptors (Lipinski definition) is 3. The van der Waals surface area contributed by atoms with Gasteiger partial charge in [-0.3, -0.25) is 4.68 Å². The average Bonchev–Trinajstić information content (AvgIpc) is 3.11. The first kappa shape index (κ1) is 23.7. The number of rotatable bonds is 4. The van der Waals surface area contributed by atoms with Gasteiger partial charge < -0.3 is 15.0 Å². The molecular formula is C22H34IN5O. The molecule has 29 heavy (non-hydrogen) atoms. The maximum absolute atomic E-state index is 5.97. The molecule has 0 bridgehead atoms. The van der Waals surface area contributed by atoms with Gasteiger partial charge >= 0.3 is 0 Å². The fourth-order valence-electron chi connectivity index (χ4n) is 3.35. The van der Waals surface area contributed by atoms with Gasteiger partial charge in [0, 0.05) is 31.9 Å². The molecule has 0 aliphatic carbocycles. The van der Waals surface area contributed by atoms with Gasteiger partial charge in [-0.25, -0.2) is 4.99 Å². The summed E-state index contributed by atoms with van der Waals surface area (Å²) in [5.74, 6) is 0.944. The Morgan fingerprint density at radius 2 is 2.00 bits per heavy atom. The molecule has 1 fully saturated rings. The van der Waals surface area contributed by atoms with E-state index in [0.29, 0.717) is 13.2 Å². The van der Waals surface area contributed by atoms with Crippen LogP contribution in [0.1, 0.15) is 50.5 Å². The van der Waals surface area contributed by atoms with Crippen LogP contribution < -0.4 is 5.32 Å². The first-order valence-corrected chi connectivity index (χ1v) is 10.1. The summed E-state index contributed by atoms with van der Waals surface area (Å²) in [5.41, 5.74) is 3.85. The molecule has 1 aromatic heterocycles. The van der Waals surface area contributed by atoms with Crippen molar-refractivity contribution in [1.82, 2.24) is 20.0 Å². The lowest BCUT2D eigenvalue weighted by atomic mass is 9.87. The Bertz CT molecular complexity index is 794. The largest absolute Gasteiger partial charge is 0.370 e. The van der Waals surface area contributed by atoms with Crippen molar-refractivity contribution in [1.29, 1.82) is 0 Å². The molecule has 7 heteroatoms. The van der Waals surface area contributed by atoms with Crippen molar-refractivity contribution < 1.29 is 4.74 Å². The minimum Gasteiger partial charge on any atom is -0.370 e. The highest BCUT2D eigenvalue weighted by molar-refractivity contribution is 14.0. The van der Waals surface area contributed by atoms with Crippen molar-refractivity contribution in [2.75, 3.05) is 26.2 Å². The van der Waals surface area contributed by atoms with E-state index in [1.54, 1.807) is 0 Å². The van der Waals surface area contributed by atoms with Crippen LogP contribution >= 0.6 is 24.0 Å². The summed E-state index contributed by atoms with van der Waals surface area (Å²) in [4.78, 5) is 7.17. The van der Waals surface area contributed by atoms with E-state index in [9.17, 15) is 0 Å². The Morgan fingerprint density at radius 1 is 1.28 bits per heavy atom. The molecule has 1 aliphatic rings. The van der Waals surface area contributed by atoms with E-state index < -0.39 is 0 Å². The third-order valence-corrected chi connectivity index (χ3v) is 5.03. The summed E-state index contributed by atoms with van der Waals surface area (Å²) in [6, 6.07) is 8.80. The van der Waals surface area contributed by atoms with Crippen LogP contribution in [-0.4, -0.2) is 46.9 Å². The second-order valence-corrected chi connectivity index (χ2v) is 8.37. The van der Waals surface area contributed by atoms with Crippen molar-refractivity contribution in [3.8, 4) is 0 Å². The molecule has 1 saturated heterocycles. The standard InChI is InChI=1S/C22H33N5O.HI/c1-6-23-21(24-13-17-7-9-19(10-8-17)22(2,3)4)27-11-12-28-20(16-27)18-14-25-26(5)15-18;/h7-10,14-15,20H,6,11-13,16H2,1-5H3,(H,23,24);1H. The summed E-state index contributed by atoms with van der Waals surface area (Å²) in [6.07, 6.45) is 3.93. The normalized spacial score (nSPS) is 17.8. The fraction of sp³-hybridized carbons (Fsp3) is 0.545. The zero-order chi connectivity index (χ0) is 20.1. The van der Waals surface area contributed by atoms with Crippen LogP contribution in [0.2, 0.25) is 0 Å². The van der Waals surface area contributed by atoms with Crippen LogP contribution in [-0.2, 0) is 23.7 Å². The zero-order valence-electron chi connectivity index (χ0n) is 18.2. The third-order valence-electron chi connectivity index (χ3n) is 5.03. The van der Waals surface area contributed by atoms with E-state index in [0.717, 1.165) is 31.2 Å². The number of morpholine rings is 1. The smallest absolute Gasteiger partial charge is 0.194 e. The maximum atomic E-state index is 5.97. The number of guanidine groups is 1. The molecule has 1 aromatic carbocycles. The molecule has 6 nitrogen and oxygen atoms in total. The minimum atomic E-state index is 0. The Labute approximate surface area is 191 Å². The van der Waals surface area contributed by atoms with Crippen LogP contribution in [0.25, 0.3) is 0 Å². The van der Waals surface area contributed by atoms with Gasteiger partial charge in [0.05, 0.1) is 25.9 Å². The Hall–Kier alpha value is -1.61. The van der Waals surface area contributed by atoms with E-state index >= 15 is 0 Å². The lowest BCUT2D eigenvalue weighted by Gasteiger charge is -2.34. The van der Waals surface area contributed by atoms with Crippen molar-refractivity contribution in [3.05, 3.63) is 53.3 Å². The number of aryl methyl sites for hydroxylation is 1. The Morgan fingerprint density at radius 3 is 2.59 bits per heavy atom. The molecule has 0 spiro atoms. The van der Waals surface area contributed by atoms with Gasteiger partial charge in [0.15, 0.2) is 5.96 Å². The maximum Gasteiger partial charge on any atom is 0.194 e. The molecular weight excluding hydrogens is 477 g/mol. The van der Waals surface area contributed by atoms with Crippen molar-refractivity contribution in [2.24, 2.45) is 12.0 Å².